The van der Waals surface area contributed by atoms with Gasteiger partial charge in [-0.2, -0.15) is 0 Å². The van der Waals surface area contributed by atoms with Crippen molar-refractivity contribution < 1.29 is 196 Å². The molecule has 0 N–H and O–H groups in total. The minimum atomic E-state index is 0. The third kappa shape index (κ3) is 1600. The van der Waals surface area contributed by atoms with Gasteiger partial charge in [-0.3, -0.25) is 0 Å². The standard InChI is InChI=1S/4C3H8.6C2H6.7CH3.6Y/c4*1-3-2;6*1-2;;;;;;;;;;;;;/h4*3H2,1-2H3;6*1-2H3;7*1H3;;;;;;/q;;;;;;;;;;7*-1;;;;;;. The van der Waals surface area contributed by atoms with E-state index in [1.54, 1.807) is 0 Å². The molecule has 0 aliphatic heterocycles. The quantitative estimate of drug-likeness (QED) is 0.212. The first-order chi connectivity index (χ1) is 11.7. The molecule has 0 bridgehead atoms. The zero-order chi connectivity index (χ0) is 22.8. The van der Waals surface area contributed by atoms with Crippen molar-refractivity contribution in [2.45, 2.75) is 164 Å². The average Bonchev–Trinajstić information content (AvgIpc) is 2.67. The Morgan fingerprint density at radius 1 is 0.189 bits per heavy atom. The second kappa shape index (κ2) is 654. The Morgan fingerprint density at radius 2 is 0.189 bits per heavy atom. The summed E-state index contributed by atoms with van der Waals surface area (Å²) in [6.45, 7) is 41.0. The molecule has 0 aliphatic rings. The zero-order valence-electron chi connectivity index (χ0n) is 33.3. The molecule has 0 unspecified atom stereocenters. The van der Waals surface area contributed by atoms with Gasteiger partial charge in [-0.15, -0.1) is 0 Å². The molecular weight excluding hydrogens is 906 g/mol. The summed E-state index contributed by atoms with van der Waals surface area (Å²) in [6.07, 6.45) is 5.00. The summed E-state index contributed by atoms with van der Waals surface area (Å²) < 4.78 is 0. The van der Waals surface area contributed by atoms with Crippen LogP contribution < -0.4 is 0 Å². The van der Waals surface area contributed by atoms with Crippen LogP contribution in [0.2, 0.25) is 0 Å². The maximum Gasteiger partial charge on any atom is 0 e. The number of hydrogen-bond acceptors (Lipinski definition) is 0. The van der Waals surface area contributed by atoms with Crippen molar-refractivity contribution in [1.82, 2.24) is 0 Å². The summed E-state index contributed by atoms with van der Waals surface area (Å²) in [5.41, 5.74) is 0. The van der Waals surface area contributed by atoms with Crippen molar-refractivity contribution in [3.05, 3.63) is 52.0 Å². The van der Waals surface area contributed by atoms with E-state index in [2.05, 4.69) is 55.4 Å². The molecule has 0 spiro atoms. The van der Waals surface area contributed by atoms with Crippen molar-refractivity contribution in [2.24, 2.45) is 0 Å². The van der Waals surface area contributed by atoms with Crippen molar-refractivity contribution in [1.29, 1.82) is 0 Å². The van der Waals surface area contributed by atoms with Crippen molar-refractivity contribution >= 4 is 0 Å². The fourth-order valence-electron chi connectivity index (χ4n) is 0. The van der Waals surface area contributed by atoms with Crippen molar-refractivity contribution in [3.63, 3.8) is 0 Å². The van der Waals surface area contributed by atoms with E-state index in [1.807, 2.05) is 83.1 Å². The van der Waals surface area contributed by atoms with Crippen LogP contribution in [0.15, 0.2) is 0 Å². The van der Waals surface area contributed by atoms with E-state index in [9.17, 15) is 0 Å². The molecule has 0 fully saturated rings. The molecule has 0 saturated carbocycles. The fourth-order valence-corrected chi connectivity index (χ4v) is 0. The molecule has 0 heterocycles. The normalized spacial score (nSPS) is 2.92. The summed E-state index contributed by atoms with van der Waals surface area (Å²) >= 11 is 0. The molecule has 0 amide bonds. The second-order valence-corrected chi connectivity index (χ2v) is 2.83. The van der Waals surface area contributed by atoms with Gasteiger partial charge >= 0.3 is 0 Å². The van der Waals surface area contributed by atoms with Crippen LogP contribution in [-0.2, 0) is 196 Å². The molecule has 0 nitrogen and oxygen atoms in total. The van der Waals surface area contributed by atoms with E-state index >= 15 is 0 Å². The monoisotopic (exact) mass is 995 g/mol. The van der Waals surface area contributed by atoms with E-state index in [1.165, 1.54) is 25.7 Å². The average molecular weight is 995 g/mol. The van der Waals surface area contributed by atoms with Gasteiger partial charge < -0.3 is 52.0 Å². The molecular formula is C31H89Y6-7. The minimum absolute atomic E-state index is 0. The third-order valence-corrected chi connectivity index (χ3v) is 0. The van der Waals surface area contributed by atoms with Crippen LogP contribution in [0, 0.1) is 52.0 Å². The maximum absolute atomic E-state index is 2.12. The SMILES string of the molecule is CC.CC.CC.CC.CC.CC.CCC.CCC.CCC.CCC.[CH3-].[CH3-].[CH3-].[CH3-].[CH3-].[CH3-].[CH3-].[Y].[Y].[Y].[Y].[Y].[Y]. The molecule has 238 valence electrons. The molecule has 0 aromatic heterocycles. The van der Waals surface area contributed by atoms with Gasteiger partial charge in [0.15, 0.2) is 0 Å². The van der Waals surface area contributed by atoms with Gasteiger partial charge in [0.2, 0.25) is 0 Å². The van der Waals surface area contributed by atoms with Gasteiger partial charge in [0.25, 0.3) is 0 Å². The molecule has 37 heavy (non-hydrogen) atoms. The predicted molar refractivity (Wildman–Crippen MR) is 177 cm³/mol. The number of rotatable bonds is 0. The smallest absolute Gasteiger partial charge is 0 e. The van der Waals surface area contributed by atoms with E-state index in [0.29, 0.717) is 0 Å². The van der Waals surface area contributed by atoms with E-state index in [0.717, 1.165) is 0 Å². The number of hydrogen-bond donors (Lipinski definition) is 0. The summed E-state index contributed by atoms with van der Waals surface area (Å²) in [7, 11) is 0. The second-order valence-electron chi connectivity index (χ2n) is 2.83. The Labute approximate surface area is 404 Å². The summed E-state index contributed by atoms with van der Waals surface area (Å²) in [6, 6.07) is 0. The largest absolute Gasteiger partial charge is 0.358 e. The van der Waals surface area contributed by atoms with Gasteiger partial charge in [0, 0.05) is 196 Å². The fraction of sp³-hybridized carbons (Fsp3) is 0.774. The summed E-state index contributed by atoms with van der Waals surface area (Å²) in [5, 5.41) is 0. The van der Waals surface area contributed by atoms with Crippen LogP contribution in [0.25, 0.3) is 0 Å². The Hall–Kier alpha value is 6.62. The zero-order valence-corrected chi connectivity index (χ0v) is 50.3. The molecule has 0 aromatic rings. The summed E-state index contributed by atoms with van der Waals surface area (Å²) in [5.74, 6) is 0. The molecule has 0 aromatic carbocycles. The van der Waals surface area contributed by atoms with Gasteiger partial charge in [-0.05, 0) is 0 Å². The molecule has 0 saturated heterocycles. The minimum Gasteiger partial charge on any atom is -0.358 e. The van der Waals surface area contributed by atoms with Gasteiger partial charge in [0.05, 0.1) is 0 Å². The first-order valence-electron chi connectivity index (χ1n) is 11.7. The van der Waals surface area contributed by atoms with Gasteiger partial charge in [-0.1, -0.05) is 164 Å². The first kappa shape index (κ1) is 186. The molecule has 0 atom stereocenters. The van der Waals surface area contributed by atoms with Gasteiger partial charge in [-0.25, -0.2) is 0 Å². The first-order valence-corrected chi connectivity index (χ1v) is 11.7. The maximum atomic E-state index is 2.12. The van der Waals surface area contributed by atoms with E-state index in [-0.39, 0.29) is 248 Å². The molecule has 0 rings (SSSR count). The van der Waals surface area contributed by atoms with Crippen LogP contribution in [0.4, 0.5) is 0 Å². The van der Waals surface area contributed by atoms with E-state index < -0.39 is 0 Å². The van der Waals surface area contributed by atoms with E-state index in [4.69, 9.17) is 0 Å². The Bertz CT molecular complexity index is 31.7. The van der Waals surface area contributed by atoms with Crippen LogP contribution in [0.5, 0.6) is 0 Å². The van der Waals surface area contributed by atoms with Crippen molar-refractivity contribution in [2.75, 3.05) is 0 Å². The summed E-state index contributed by atoms with van der Waals surface area (Å²) in [4.78, 5) is 0. The van der Waals surface area contributed by atoms with Crippen LogP contribution >= 0.6 is 0 Å². The van der Waals surface area contributed by atoms with Crippen LogP contribution in [0.1, 0.15) is 164 Å². The van der Waals surface area contributed by atoms with Crippen LogP contribution in [-0.4, -0.2) is 0 Å². The van der Waals surface area contributed by atoms with Crippen LogP contribution in [0.3, 0.4) is 0 Å². The predicted octanol–water partition coefficient (Wildman–Crippen LogP) is 15.0. The third-order valence-electron chi connectivity index (χ3n) is 0. The van der Waals surface area contributed by atoms with Crippen molar-refractivity contribution in [3.8, 4) is 0 Å². The topological polar surface area (TPSA) is 0 Å². The Balaban J connectivity index is -0.00000000271. The Morgan fingerprint density at radius 3 is 0.189 bits per heavy atom. The molecule has 6 heteroatoms. The molecule has 0 aliphatic carbocycles. The van der Waals surface area contributed by atoms with Gasteiger partial charge in [0.1, 0.15) is 0 Å². The Kier molecular flexibility index (Phi) is 3300. The molecule has 6 radical (unpaired) electrons.